The molecule has 0 saturated heterocycles. The highest BCUT2D eigenvalue weighted by molar-refractivity contribution is 7.99. The number of amides is 1. The molecule has 0 unspecified atom stereocenters. The maximum Gasteiger partial charge on any atom is 0.348 e. The van der Waals surface area contributed by atoms with Gasteiger partial charge in [-0.1, -0.05) is 36.9 Å². The van der Waals surface area contributed by atoms with Crippen molar-refractivity contribution in [1.29, 1.82) is 0 Å². The van der Waals surface area contributed by atoms with Crippen molar-refractivity contribution >= 4 is 67.5 Å². The molecule has 0 radical (unpaired) electrons. The molecule has 0 bridgehead atoms. The number of carbonyl (C=O) groups excluding carboxylic acids is 3. The Bertz CT molecular complexity index is 1690. The molecule has 1 atom stereocenters. The third kappa shape index (κ3) is 5.18. The van der Waals surface area contributed by atoms with Crippen LogP contribution in [-0.2, 0) is 27.1 Å². The van der Waals surface area contributed by atoms with E-state index in [1.165, 1.54) is 19.1 Å². The molecule has 0 saturated carbocycles. The van der Waals surface area contributed by atoms with Crippen molar-refractivity contribution in [3.05, 3.63) is 67.1 Å². The van der Waals surface area contributed by atoms with Gasteiger partial charge in [-0.05, 0) is 55.4 Å². The third-order valence-corrected chi connectivity index (χ3v) is 10.1. The number of aryl methyl sites for hydroxylation is 1. The maximum absolute atomic E-state index is 13.9. The van der Waals surface area contributed by atoms with Gasteiger partial charge in [-0.3, -0.25) is 14.2 Å². The smallest absolute Gasteiger partial charge is 0.348 e. The van der Waals surface area contributed by atoms with Crippen molar-refractivity contribution in [2.75, 3.05) is 25.3 Å². The standard InChI is InChI=1S/C28H27N3O6S3/c1-14-10-11-17-18(12-14)39-24-21(17)25(33)31(16-8-6-5-7-9-16)28(30-24)38-13-19(32)29-23-20(26(34)36-3)15(2)22(40-23)27(35)37-4/h5-9,14H,10-13H2,1-4H3,(H,29,32)/t14-/m1/s1. The van der Waals surface area contributed by atoms with E-state index in [4.69, 9.17) is 14.5 Å². The lowest BCUT2D eigenvalue weighted by molar-refractivity contribution is -0.113. The quantitative estimate of drug-likeness (QED) is 0.175. The Balaban J connectivity index is 1.48. The second-order valence-electron chi connectivity index (χ2n) is 9.48. The van der Waals surface area contributed by atoms with E-state index in [1.807, 2.05) is 30.3 Å². The number of hydrogen-bond acceptors (Lipinski definition) is 10. The Morgan fingerprint density at radius 3 is 2.55 bits per heavy atom. The second-order valence-corrected chi connectivity index (χ2v) is 12.5. The van der Waals surface area contributed by atoms with Crippen molar-refractivity contribution in [2.24, 2.45) is 5.92 Å². The average Bonchev–Trinajstić information content (AvgIpc) is 3.47. The molecule has 5 rings (SSSR count). The Labute approximate surface area is 242 Å². The fourth-order valence-corrected chi connectivity index (χ4v) is 8.17. The summed E-state index contributed by atoms with van der Waals surface area (Å²) in [6.45, 7) is 3.82. The first-order chi connectivity index (χ1) is 19.2. The highest BCUT2D eigenvalue weighted by Crippen LogP contribution is 2.37. The van der Waals surface area contributed by atoms with E-state index in [1.54, 1.807) is 22.8 Å². The number of aromatic nitrogens is 2. The predicted molar refractivity (Wildman–Crippen MR) is 157 cm³/mol. The van der Waals surface area contributed by atoms with E-state index in [9.17, 15) is 19.2 Å². The zero-order valence-corrected chi connectivity index (χ0v) is 24.8. The highest BCUT2D eigenvalue weighted by atomic mass is 32.2. The number of anilines is 1. The molecule has 0 spiro atoms. The number of thiophene rings is 2. The summed E-state index contributed by atoms with van der Waals surface area (Å²) >= 11 is 3.63. The number of methoxy groups -OCH3 is 2. The molecule has 4 aromatic rings. The molecule has 1 aliphatic carbocycles. The number of esters is 2. The molecule has 40 heavy (non-hydrogen) atoms. The zero-order chi connectivity index (χ0) is 28.6. The van der Waals surface area contributed by atoms with Gasteiger partial charge in [0.25, 0.3) is 5.56 Å². The summed E-state index contributed by atoms with van der Waals surface area (Å²) in [6.07, 6.45) is 2.82. The monoisotopic (exact) mass is 597 g/mol. The van der Waals surface area contributed by atoms with Crippen LogP contribution in [0.25, 0.3) is 15.9 Å². The van der Waals surface area contributed by atoms with Crippen LogP contribution in [0, 0.1) is 12.8 Å². The van der Waals surface area contributed by atoms with Crippen molar-refractivity contribution in [2.45, 2.75) is 38.3 Å². The molecular weight excluding hydrogens is 571 g/mol. The van der Waals surface area contributed by atoms with Crippen molar-refractivity contribution in [3.63, 3.8) is 0 Å². The molecule has 0 aliphatic heterocycles. The van der Waals surface area contributed by atoms with Gasteiger partial charge in [0, 0.05) is 4.88 Å². The van der Waals surface area contributed by atoms with Crippen LogP contribution in [0.5, 0.6) is 0 Å². The number of carbonyl (C=O) groups is 3. The summed E-state index contributed by atoms with van der Waals surface area (Å²) in [5.74, 6) is -1.24. The van der Waals surface area contributed by atoms with Crippen molar-refractivity contribution in [1.82, 2.24) is 9.55 Å². The Hall–Kier alpha value is -3.48. The lowest BCUT2D eigenvalue weighted by atomic mass is 9.89. The van der Waals surface area contributed by atoms with Gasteiger partial charge >= 0.3 is 11.9 Å². The van der Waals surface area contributed by atoms with Gasteiger partial charge in [-0.2, -0.15) is 0 Å². The molecule has 1 amide bonds. The molecule has 3 aromatic heterocycles. The number of benzene rings is 1. The summed E-state index contributed by atoms with van der Waals surface area (Å²) in [4.78, 5) is 58.6. The molecule has 9 nitrogen and oxygen atoms in total. The predicted octanol–water partition coefficient (Wildman–Crippen LogP) is 5.25. The average molecular weight is 598 g/mol. The van der Waals surface area contributed by atoms with Crippen LogP contribution in [-0.4, -0.2) is 47.4 Å². The number of thioether (sulfide) groups is 1. The number of hydrogen-bond donors (Lipinski definition) is 1. The Morgan fingerprint density at radius 2 is 1.85 bits per heavy atom. The normalized spacial score (nSPS) is 14.6. The highest BCUT2D eigenvalue weighted by Gasteiger charge is 2.28. The van der Waals surface area contributed by atoms with E-state index in [0.717, 1.165) is 47.9 Å². The summed E-state index contributed by atoms with van der Waals surface area (Å²) < 4.78 is 11.2. The summed E-state index contributed by atoms with van der Waals surface area (Å²) in [7, 11) is 2.47. The molecule has 1 aliphatic rings. The van der Waals surface area contributed by atoms with Crippen LogP contribution >= 0.6 is 34.4 Å². The van der Waals surface area contributed by atoms with E-state index in [-0.39, 0.29) is 26.8 Å². The minimum Gasteiger partial charge on any atom is -0.465 e. The Kier molecular flexibility index (Phi) is 8.11. The first kappa shape index (κ1) is 28.1. The lowest BCUT2D eigenvalue weighted by Crippen LogP contribution is -2.23. The number of nitrogens with zero attached hydrogens (tertiary/aromatic N) is 2. The number of fused-ring (bicyclic) bond motifs is 3. The maximum atomic E-state index is 13.9. The van der Waals surface area contributed by atoms with Crippen LogP contribution < -0.4 is 10.9 Å². The van der Waals surface area contributed by atoms with Gasteiger partial charge in [0.05, 0.1) is 36.6 Å². The molecule has 3 heterocycles. The van der Waals surface area contributed by atoms with Crippen LogP contribution in [0.3, 0.4) is 0 Å². The SMILES string of the molecule is COC(=O)c1sc(NC(=O)CSc2nc3sc4c(c3c(=O)n2-c2ccccc2)CC[C@@H](C)C4)c(C(=O)OC)c1C. The molecule has 12 heteroatoms. The van der Waals surface area contributed by atoms with E-state index >= 15 is 0 Å². The first-order valence-electron chi connectivity index (χ1n) is 12.6. The van der Waals surface area contributed by atoms with E-state index < -0.39 is 17.8 Å². The fraction of sp³-hybridized carbons (Fsp3) is 0.321. The molecule has 1 aromatic carbocycles. The minimum atomic E-state index is -0.673. The van der Waals surface area contributed by atoms with Gasteiger partial charge in [0.1, 0.15) is 14.7 Å². The number of nitrogens with one attached hydrogen (secondary N) is 1. The van der Waals surface area contributed by atoms with Gasteiger partial charge in [-0.25, -0.2) is 14.6 Å². The molecule has 208 valence electrons. The fourth-order valence-electron chi connectivity index (χ4n) is 4.80. The topological polar surface area (TPSA) is 117 Å². The zero-order valence-electron chi connectivity index (χ0n) is 22.4. The van der Waals surface area contributed by atoms with Gasteiger partial charge in [0.15, 0.2) is 5.16 Å². The third-order valence-electron chi connectivity index (χ3n) is 6.81. The molecule has 1 N–H and O–H groups in total. The lowest BCUT2D eigenvalue weighted by Gasteiger charge is -2.17. The summed E-state index contributed by atoms with van der Waals surface area (Å²) in [6, 6.07) is 9.25. The summed E-state index contributed by atoms with van der Waals surface area (Å²) in [5.41, 5.74) is 2.09. The second kappa shape index (κ2) is 11.6. The van der Waals surface area contributed by atoms with E-state index in [2.05, 4.69) is 12.2 Å². The molecular formula is C28H27N3O6S3. The van der Waals surface area contributed by atoms with Crippen LogP contribution in [0.1, 0.15) is 49.4 Å². The van der Waals surface area contributed by atoms with Crippen LogP contribution in [0.4, 0.5) is 5.00 Å². The summed E-state index contributed by atoms with van der Waals surface area (Å²) in [5, 5.41) is 3.99. The van der Waals surface area contributed by atoms with Crippen molar-refractivity contribution < 1.29 is 23.9 Å². The first-order valence-corrected chi connectivity index (χ1v) is 15.2. The number of ether oxygens (including phenoxy) is 2. The van der Waals surface area contributed by atoms with Crippen molar-refractivity contribution in [3.8, 4) is 5.69 Å². The van der Waals surface area contributed by atoms with Gasteiger partial charge < -0.3 is 14.8 Å². The van der Waals surface area contributed by atoms with Crippen LogP contribution in [0.15, 0.2) is 40.3 Å². The number of rotatable bonds is 7. The van der Waals surface area contributed by atoms with Gasteiger partial charge in [-0.15, -0.1) is 22.7 Å². The molecule has 0 fully saturated rings. The number of para-hydroxylation sites is 1. The van der Waals surface area contributed by atoms with Crippen LogP contribution in [0.2, 0.25) is 0 Å². The Morgan fingerprint density at radius 1 is 1.12 bits per heavy atom. The largest absolute Gasteiger partial charge is 0.465 e. The van der Waals surface area contributed by atoms with Gasteiger partial charge in [0.2, 0.25) is 5.91 Å². The van der Waals surface area contributed by atoms with E-state index in [0.29, 0.717) is 32.5 Å². The minimum absolute atomic E-state index is 0.0853.